The van der Waals surface area contributed by atoms with Gasteiger partial charge in [0.25, 0.3) is 0 Å². The molecule has 0 amide bonds. The maximum absolute atomic E-state index is 10.9. The van der Waals surface area contributed by atoms with Crippen LogP contribution >= 0.6 is 15.9 Å². The zero-order valence-electron chi connectivity index (χ0n) is 9.81. The molecule has 0 saturated heterocycles. The van der Waals surface area contributed by atoms with Gasteiger partial charge in [-0.2, -0.15) is 5.10 Å². The lowest BCUT2D eigenvalue weighted by Gasteiger charge is -2.07. The number of benzene rings is 1. The second kappa shape index (κ2) is 4.45. The Balaban J connectivity index is 2.58. The van der Waals surface area contributed by atoms with Gasteiger partial charge >= 0.3 is 5.97 Å². The van der Waals surface area contributed by atoms with Crippen molar-refractivity contribution in [1.82, 2.24) is 9.78 Å². The molecule has 1 aromatic heterocycles. The topological polar surface area (TPSA) is 75.3 Å². The molecule has 1 heterocycles. The highest BCUT2D eigenvalue weighted by atomic mass is 79.9. The summed E-state index contributed by atoms with van der Waals surface area (Å²) in [6, 6.07) is 4.87. The van der Waals surface area contributed by atoms with Crippen molar-refractivity contribution in [1.29, 1.82) is 0 Å². The molecular weight excluding hydrogens is 300 g/mol. The van der Waals surface area contributed by atoms with Gasteiger partial charge in [-0.05, 0) is 25.1 Å². The summed E-state index contributed by atoms with van der Waals surface area (Å²) in [5.41, 5.74) is 2.04. The molecule has 0 atom stereocenters. The van der Waals surface area contributed by atoms with Gasteiger partial charge < -0.3 is 10.2 Å². The van der Waals surface area contributed by atoms with Crippen LogP contribution in [0.2, 0.25) is 0 Å². The van der Waals surface area contributed by atoms with E-state index in [1.54, 1.807) is 20.0 Å². The molecule has 2 N–H and O–H groups in total. The van der Waals surface area contributed by atoms with Crippen LogP contribution in [0.4, 0.5) is 0 Å². The maximum Gasteiger partial charge on any atom is 0.356 e. The third-order valence-electron chi connectivity index (χ3n) is 2.71. The van der Waals surface area contributed by atoms with Crippen molar-refractivity contribution in [2.24, 2.45) is 7.05 Å². The summed E-state index contributed by atoms with van der Waals surface area (Å²) in [4.78, 5) is 10.9. The van der Waals surface area contributed by atoms with Crippen molar-refractivity contribution in [3.63, 3.8) is 0 Å². The average Bonchev–Trinajstić information content (AvgIpc) is 2.68. The standard InChI is InChI=1S/C12H11BrN2O3/c1-6-8(13)3-7(4-11(6)16)10-5-9(12(17)18)14-15(10)2/h3-5,16H,1-2H3,(H,17,18). The first-order chi connectivity index (χ1) is 8.40. The number of carboxylic acids is 1. The molecule has 5 nitrogen and oxygen atoms in total. The van der Waals surface area contributed by atoms with E-state index in [0.717, 1.165) is 10.0 Å². The number of phenolic OH excluding ortho intramolecular Hbond substituents is 1. The summed E-state index contributed by atoms with van der Waals surface area (Å²) >= 11 is 3.35. The van der Waals surface area contributed by atoms with Crippen LogP contribution in [0.25, 0.3) is 11.3 Å². The fraction of sp³-hybridized carbons (Fsp3) is 0.167. The van der Waals surface area contributed by atoms with Crippen LogP contribution in [0, 0.1) is 6.92 Å². The molecule has 0 aliphatic carbocycles. The van der Waals surface area contributed by atoms with E-state index in [4.69, 9.17) is 5.11 Å². The van der Waals surface area contributed by atoms with E-state index in [1.165, 1.54) is 10.7 Å². The molecule has 2 rings (SSSR count). The highest BCUT2D eigenvalue weighted by Crippen LogP contribution is 2.32. The minimum absolute atomic E-state index is 0.0244. The largest absolute Gasteiger partial charge is 0.508 e. The lowest BCUT2D eigenvalue weighted by molar-refractivity contribution is 0.0689. The molecule has 6 heteroatoms. The van der Waals surface area contributed by atoms with Crippen molar-refractivity contribution in [3.8, 4) is 17.0 Å². The summed E-state index contributed by atoms with van der Waals surface area (Å²) in [7, 11) is 1.66. The van der Waals surface area contributed by atoms with E-state index in [9.17, 15) is 9.90 Å². The summed E-state index contributed by atoms with van der Waals surface area (Å²) in [5.74, 6) is -0.926. The number of aromatic hydroxyl groups is 1. The van der Waals surface area contributed by atoms with Crippen LogP contribution in [0.1, 0.15) is 16.1 Å². The van der Waals surface area contributed by atoms with Gasteiger partial charge in [-0.15, -0.1) is 0 Å². The van der Waals surface area contributed by atoms with Gasteiger partial charge in [0.2, 0.25) is 0 Å². The third-order valence-corrected chi connectivity index (χ3v) is 3.54. The number of aryl methyl sites for hydroxylation is 1. The number of rotatable bonds is 2. The number of halogens is 1. The van der Waals surface area contributed by atoms with Crippen LogP contribution in [0.15, 0.2) is 22.7 Å². The van der Waals surface area contributed by atoms with Gasteiger partial charge in [0.1, 0.15) is 5.75 Å². The number of nitrogens with zero attached hydrogens (tertiary/aromatic N) is 2. The molecule has 2 aromatic rings. The number of phenols is 1. The lowest BCUT2D eigenvalue weighted by atomic mass is 10.1. The Hall–Kier alpha value is -1.82. The summed E-state index contributed by atoms with van der Waals surface area (Å²) in [6.45, 7) is 1.79. The fourth-order valence-electron chi connectivity index (χ4n) is 1.65. The van der Waals surface area contributed by atoms with Gasteiger partial charge in [0.15, 0.2) is 5.69 Å². The zero-order chi connectivity index (χ0) is 13.4. The van der Waals surface area contributed by atoms with E-state index in [1.807, 2.05) is 6.07 Å². The quantitative estimate of drug-likeness (QED) is 0.894. The number of carboxylic acid groups (broad SMARTS) is 1. The highest BCUT2D eigenvalue weighted by Gasteiger charge is 2.14. The number of aromatic nitrogens is 2. The van der Waals surface area contributed by atoms with Gasteiger partial charge in [0, 0.05) is 22.6 Å². The number of hydrogen-bond donors (Lipinski definition) is 2. The first-order valence-electron chi connectivity index (χ1n) is 5.17. The van der Waals surface area contributed by atoms with Crippen LogP contribution in [-0.2, 0) is 7.05 Å². The SMILES string of the molecule is Cc1c(O)cc(-c2cc(C(=O)O)nn2C)cc1Br. The Morgan fingerprint density at radius 2 is 2.06 bits per heavy atom. The molecule has 0 saturated carbocycles. The molecule has 1 aromatic carbocycles. The average molecular weight is 311 g/mol. The molecule has 0 radical (unpaired) electrons. The third kappa shape index (κ3) is 2.11. The summed E-state index contributed by atoms with van der Waals surface area (Å²) in [5, 5.41) is 22.5. The molecule has 0 spiro atoms. The molecule has 0 aliphatic heterocycles. The van der Waals surface area contributed by atoms with E-state index >= 15 is 0 Å². The predicted molar refractivity (Wildman–Crippen MR) is 69.7 cm³/mol. The number of aromatic carboxylic acids is 1. The van der Waals surface area contributed by atoms with Gasteiger partial charge in [0.05, 0.1) is 5.69 Å². The molecule has 0 unspecified atom stereocenters. The smallest absolute Gasteiger partial charge is 0.356 e. The fourth-order valence-corrected chi connectivity index (χ4v) is 2.10. The van der Waals surface area contributed by atoms with Crippen LogP contribution in [-0.4, -0.2) is 26.0 Å². The van der Waals surface area contributed by atoms with Crippen molar-refractivity contribution in [3.05, 3.63) is 33.9 Å². The summed E-state index contributed by atoms with van der Waals surface area (Å²) < 4.78 is 2.23. The van der Waals surface area contributed by atoms with Crippen molar-refractivity contribution in [2.45, 2.75) is 6.92 Å². The van der Waals surface area contributed by atoms with Crippen molar-refractivity contribution < 1.29 is 15.0 Å². The molecule has 94 valence electrons. The first-order valence-corrected chi connectivity index (χ1v) is 5.96. The van der Waals surface area contributed by atoms with Crippen molar-refractivity contribution >= 4 is 21.9 Å². The molecule has 0 fully saturated rings. The van der Waals surface area contributed by atoms with E-state index < -0.39 is 5.97 Å². The Kier molecular flexibility index (Phi) is 3.13. The minimum Gasteiger partial charge on any atom is -0.508 e. The van der Waals surface area contributed by atoms with Crippen molar-refractivity contribution in [2.75, 3.05) is 0 Å². The minimum atomic E-state index is -1.08. The van der Waals surface area contributed by atoms with E-state index in [2.05, 4.69) is 21.0 Å². The predicted octanol–water partition coefficient (Wildman–Crippen LogP) is 2.56. The van der Waals surface area contributed by atoms with Crippen LogP contribution in [0.5, 0.6) is 5.75 Å². The van der Waals surface area contributed by atoms with Gasteiger partial charge in [-0.3, -0.25) is 4.68 Å². The van der Waals surface area contributed by atoms with Gasteiger partial charge in [-0.25, -0.2) is 4.79 Å². The second-order valence-corrected chi connectivity index (χ2v) is 4.80. The van der Waals surface area contributed by atoms with E-state index in [-0.39, 0.29) is 11.4 Å². The number of hydrogen-bond acceptors (Lipinski definition) is 3. The molecule has 18 heavy (non-hydrogen) atoms. The number of carbonyl (C=O) groups is 1. The first kappa shape index (κ1) is 12.6. The Labute approximate surface area is 112 Å². The normalized spacial score (nSPS) is 10.6. The van der Waals surface area contributed by atoms with E-state index in [0.29, 0.717) is 11.3 Å². The Morgan fingerprint density at radius 3 is 2.56 bits per heavy atom. The lowest BCUT2D eigenvalue weighted by Crippen LogP contribution is -1.99. The highest BCUT2D eigenvalue weighted by molar-refractivity contribution is 9.10. The zero-order valence-corrected chi connectivity index (χ0v) is 11.4. The Morgan fingerprint density at radius 1 is 1.39 bits per heavy atom. The summed E-state index contributed by atoms with van der Waals surface area (Å²) in [6.07, 6.45) is 0. The molecule has 0 bridgehead atoms. The molecule has 0 aliphatic rings. The van der Waals surface area contributed by atoms with Gasteiger partial charge in [-0.1, -0.05) is 15.9 Å². The maximum atomic E-state index is 10.9. The molecular formula is C12H11BrN2O3. The van der Waals surface area contributed by atoms with Crippen LogP contribution < -0.4 is 0 Å². The Bertz CT molecular complexity index is 611. The monoisotopic (exact) mass is 310 g/mol. The second-order valence-electron chi connectivity index (χ2n) is 3.95. The van der Waals surface area contributed by atoms with Crippen LogP contribution in [0.3, 0.4) is 0 Å².